The minimum absolute atomic E-state index is 0.250. The average Bonchev–Trinajstić information content (AvgIpc) is 2.74. The van der Waals surface area contributed by atoms with Gasteiger partial charge in [-0.1, -0.05) is 18.2 Å². The van der Waals surface area contributed by atoms with Gasteiger partial charge in [-0.05, 0) is 11.6 Å². The van der Waals surface area contributed by atoms with Crippen LogP contribution >= 0.6 is 0 Å². The molecule has 2 aromatic rings. The minimum atomic E-state index is -0.775. The second-order valence-electron chi connectivity index (χ2n) is 4.50. The number of nitrogens with zero attached hydrogens (tertiary/aromatic N) is 1. The molecule has 2 rings (SSSR count). The van der Waals surface area contributed by atoms with Gasteiger partial charge < -0.3 is 15.3 Å². The predicted molar refractivity (Wildman–Crippen MR) is 72.4 cm³/mol. The lowest BCUT2D eigenvalue weighted by atomic mass is 10.1. The van der Waals surface area contributed by atoms with E-state index >= 15 is 0 Å². The number of nitrogens with one attached hydrogen (secondary N) is 1. The number of benzene rings is 1. The molecule has 1 atom stereocenters. The first-order valence-electron chi connectivity index (χ1n) is 6.16. The molecule has 1 aromatic carbocycles. The number of rotatable bonds is 4. The third-order valence-corrected chi connectivity index (χ3v) is 3.06. The Morgan fingerprint density at radius 1 is 1.40 bits per heavy atom. The fourth-order valence-electron chi connectivity index (χ4n) is 2.20. The van der Waals surface area contributed by atoms with E-state index in [1.807, 2.05) is 18.2 Å². The highest BCUT2D eigenvalue weighted by molar-refractivity contribution is 5.87. The van der Waals surface area contributed by atoms with Crippen LogP contribution in [-0.4, -0.2) is 35.0 Å². The van der Waals surface area contributed by atoms with E-state index < -0.39 is 12.0 Å². The molecule has 106 valence electrons. The van der Waals surface area contributed by atoms with Crippen LogP contribution in [0.1, 0.15) is 12.5 Å². The molecule has 1 amide bonds. The highest BCUT2D eigenvalue weighted by Crippen LogP contribution is 2.21. The van der Waals surface area contributed by atoms with Gasteiger partial charge in [0.2, 0.25) is 5.91 Å². The zero-order valence-corrected chi connectivity index (χ0v) is 11.3. The molecule has 6 nitrogen and oxygen atoms in total. The summed E-state index contributed by atoms with van der Waals surface area (Å²) in [5.41, 5.74) is 1.40. The maximum Gasteiger partial charge on any atom is 0.328 e. The number of amides is 1. The Morgan fingerprint density at radius 2 is 2.10 bits per heavy atom. The van der Waals surface area contributed by atoms with E-state index in [1.54, 1.807) is 6.07 Å². The van der Waals surface area contributed by atoms with Crippen molar-refractivity contribution >= 4 is 22.8 Å². The van der Waals surface area contributed by atoms with Gasteiger partial charge in [0.25, 0.3) is 0 Å². The van der Waals surface area contributed by atoms with Gasteiger partial charge in [0.1, 0.15) is 6.04 Å². The summed E-state index contributed by atoms with van der Waals surface area (Å²) in [7, 11) is 1.27. The first kappa shape index (κ1) is 13.9. The largest absolute Gasteiger partial charge is 0.467 e. The van der Waals surface area contributed by atoms with Crippen LogP contribution in [0.4, 0.5) is 0 Å². The molecular formula is C14H16N2O4. The Kier molecular flexibility index (Phi) is 3.93. The van der Waals surface area contributed by atoms with E-state index in [2.05, 4.69) is 10.1 Å². The lowest BCUT2D eigenvalue weighted by molar-refractivity contribution is -0.144. The molecule has 0 unspecified atom stereocenters. The number of carbonyl (C=O) groups is 2. The summed E-state index contributed by atoms with van der Waals surface area (Å²) in [6.45, 7) is 1.34. The number of esters is 1. The second-order valence-corrected chi connectivity index (χ2v) is 4.50. The summed E-state index contributed by atoms with van der Waals surface area (Å²) in [5.74, 6) is -0.830. The Hall–Kier alpha value is -2.50. The molecule has 1 aromatic heterocycles. The standard InChI is InChI=1S/C14H16N2O4/c1-9(17)15-12(14(18)20-2)7-10-8-16(19)13-6-4-3-5-11(10)13/h3-6,8,12,19H,7H2,1-2H3,(H,15,17)/t12-/m1/s1. The van der Waals surface area contributed by atoms with Crippen LogP contribution in [-0.2, 0) is 20.7 Å². The maximum absolute atomic E-state index is 11.7. The summed E-state index contributed by atoms with van der Waals surface area (Å²) < 4.78 is 5.69. The first-order chi connectivity index (χ1) is 9.52. The van der Waals surface area contributed by atoms with Gasteiger partial charge in [-0.3, -0.25) is 4.79 Å². The monoisotopic (exact) mass is 276 g/mol. The zero-order valence-electron chi connectivity index (χ0n) is 11.3. The number of aromatic nitrogens is 1. The van der Waals surface area contributed by atoms with Crippen molar-refractivity contribution < 1.29 is 19.5 Å². The Bertz CT molecular complexity index is 648. The maximum atomic E-state index is 11.7. The average molecular weight is 276 g/mol. The van der Waals surface area contributed by atoms with Crippen LogP contribution in [0.2, 0.25) is 0 Å². The summed E-state index contributed by atoms with van der Waals surface area (Å²) in [6.07, 6.45) is 1.78. The molecule has 0 bridgehead atoms. The van der Waals surface area contributed by atoms with E-state index in [0.717, 1.165) is 15.7 Å². The minimum Gasteiger partial charge on any atom is -0.467 e. The Morgan fingerprint density at radius 3 is 2.75 bits per heavy atom. The summed E-state index contributed by atoms with van der Waals surface area (Å²) in [4.78, 5) is 22.8. The van der Waals surface area contributed by atoms with Crippen LogP contribution in [0.15, 0.2) is 30.5 Å². The number of carbonyl (C=O) groups excluding carboxylic acids is 2. The quantitative estimate of drug-likeness (QED) is 0.647. The fourth-order valence-corrected chi connectivity index (χ4v) is 2.20. The Labute approximate surface area is 115 Å². The van der Waals surface area contributed by atoms with Crippen molar-refractivity contribution in [1.82, 2.24) is 10.0 Å². The van der Waals surface area contributed by atoms with Gasteiger partial charge in [0.05, 0.1) is 12.6 Å². The van der Waals surface area contributed by atoms with Crippen LogP contribution in [0.3, 0.4) is 0 Å². The van der Waals surface area contributed by atoms with Crippen LogP contribution in [0.25, 0.3) is 10.9 Å². The smallest absolute Gasteiger partial charge is 0.328 e. The molecule has 0 saturated carbocycles. The van der Waals surface area contributed by atoms with Gasteiger partial charge in [-0.25, -0.2) is 4.79 Å². The summed E-state index contributed by atoms with van der Waals surface area (Å²) >= 11 is 0. The molecule has 0 saturated heterocycles. The first-order valence-corrected chi connectivity index (χ1v) is 6.16. The Balaban J connectivity index is 2.33. The van der Waals surface area contributed by atoms with Gasteiger partial charge in [-0.15, -0.1) is 0 Å². The van der Waals surface area contributed by atoms with Gasteiger partial charge in [0.15, 0.2) is 0 Å². The number of para-hydroxylation sites is 1. The predicted octanol–water partition coefficient (Wildman–Crippen LogP) is 1.10. The molecule has 0 aliphatic heterocycles. The number of ether oxygens (including phenoxy) is 1. The lowest BCUT2D eigenvalue weighted by Crippen LogP contribution is -2.41. The highest BCUT2D eigenvalue weighted by Gasteiger charge is 2.22. The summed E-state index contributed by atoms with van der Waals surface area (Å²) in [5, 5.41) is 13.2. The number of methoxy groups -OCH3 is 1. The summed E-state index contributed by atoms with van der Waals surface area (Å²) in [6, 6.07) is 6.49. The van der Waals surface area contributed by atoms with E-state index in [-0.39, 0.29) is 12.3 Å². The molecular weight excluding hydrogens is 260 g/mol. The third kappa shape index (κ3) is 2.74. The lowest BCUT2D eigenvalue weighted by Gasteiger charge is -2.14. The molecule has 0 aliphatic rings. The number of fused-ring (bicyclic) bond motifs is 1. The van der Waals surface area contributed by atoms with Crippen molar-refractivity contribution in [2.45, 2.75) is 19.4 Å². The van der Waals surface area contributed by atoms with Crippen molar-refractivity contribution in [2.24, 2.45) is 0 Å². The van der Waals surface area contributed by atoms with Gasteiger partial charge in [-0.2, -0.15) is 4.73 Å². The van der Waals surface area contributed by atoms with E-state index in [9.17, 15) is 14.8 Å². The molecule has 6 heteroatoms. The van der Waals surface area contributed by atoms with Crippen LogP contribution in [0.5, 0.6) is 0 Å². The van der Waals surface area contributed by atoms with Crippen LogP contribution < -0.4 is 5.32 Å². The number of hydrogen-bond donors (Lipinski definition) is 2. The van der Waals surface area contributed by atoms with Crippen molar-refractivity contribution in [1.29, 1.82) is 0 Å². The molecule has 0 fully saturated rings. The second kappa shape index (κ2) is 5.64. The van der Waals surface area contributed by atoms with E-state index in [4.69, 9.17) is 0 Å². The van der Waals surface area contributed by atoms with E-state index in [0.29, 0.717) is 5.52 Å². The van der Waals surface area contributed by atoms with Gasteiger partial charge >= 0.3 is 5.97 Å². The number of hydrogen-bond acceptors (Lipinski definition) is 4. The zero-order chi connectivity index (χ0) is 14.7. The van der Waals surface area contributed by atoms with E-state index in [1.165, 1.54) is 20.2 Å². The topological polar surface area (TPSA) is 80.6 Å². The van der Waals surface area contributed by atoms with Crippen molar-refractivity contribution in [2.75, 3.05) is 7.11 Å². The third-order valence-electron chi connectivity index (χ3n) is 3.06. The van der Waals surface area contributed by atoms with Crippen molar-refractivity contribution in [3.8, 4) is 0 Å². The SMILES string of the molecule is COC(=O)[C@@H](Cc1cn(O)c2ccccc12)NC(C)=O. The van der Waals surface area contributed by atoms with Crippen molar-refractivity contribution in [3.63, 3.8) is 0 Å². The molecule has 0 spiro atoms. The fraction of sp³-hybridized carbons (Fsp3) is 0.286. The van der Waals surface area contributed by atoms with Crippen LogP contribution in [0, 0.1) is 0 Å². The molecule has 0 aliphatic carbocycles. The molecule has 1 heterocycles. The van der Waals surface area contributed by atoms with Gasteiger partial charge in [0, 0.05) is 24.9 Å². The molecule has 0 radical (unpaired) electrons. The molecule has 20 heavy (non-hydrogen) atoms. The van der Waals surface area contributed by atoms with Crippen molar-refractivity contribution in [3.05, 3.63) is 36.0 Å². The highest BCUT2D eigenvalue weighted by atomic mass is 16.5. The normalized spacial score (nSPS) is 12.1. The molecule has 2 N–H and O–H groups in total.